The van der Waals surface area contributed by atoms with Gasteiger partial charge in [0, 0.05) is 36.6 Å². The Kier molecular flexibility index (Phi) is 5.27. The Hall–Kier alpha value is -3.24. The largest absolute Gasteiger partial charge is 0.366 e. The summed E-state index contributed by atoms with van der Waals surface area (Å²) in [6, 6.07) is 10.7. The molecule has 2 N–H and O–H groups in total. The predicted molar refractivity (Wildman–Crippen MR) is 117 cm³/mol. The molecule has 3 aromatic heterocycles. The number of nitrogens with zero attached hydrogens (tertiary/aromatic N) is 5. The van der Waals surface area contributed by atoms with E-state index in [9.17, 15) is 8.42 Å². The SMILES string of the molecule is CN(c1ncccc1CNc1ccnc(-c2nc3ccc(Cl)cc3[nH]2)n1)S(C)(=O)=O. The standard InChI is InChI=1S/C19H18ClN7O2S/c1-27(30(2,28)29)19-12(4-3-8-22-19)11-23-16-7-9-21-17(26-16)18-24-14-6-5-13(20)10-15(14)25-18/h3-10H,11H2,1-2H3,(H,24,25)(H,21,23,26). The van der Waals surface area contributed by atoms with Gasteiger partial charge in [0.1, 0.15) is 11.6 Å². The van der Waals surface area contributed by atoms with Crippen LogP contribution in [0.5, 0.6) is 0 Å². The molecule has 0 radical (unpaired) electrons. The van der Waals surface area contributed by atoms with Crippen molar-refractivity contribution in [1.82, 2.24) is 24.9 Å². The van der Waals surface area contributed by atoms with E-state index < -0.39 is 10.0 Å². The summed E-state index contributed by atoms with van der Waals surface area (Å²) in [5.41, 5.74) is 2.27. The number of aromatic nitrogens is 5. The zero-order chi connectivity index (χ0) is 21.3. The molecule has 9 nitrogen and oxygen atoms in total. The fourth-order valence-electron chi connectivity index (χ4n) is 2.85. The molecule has 0 bridgehead atoms. The Morgan fingerprint density at radius 2 is 1.97 bits per heavy atom. The quantitative estimate of drug-likeness (QED) is 0.470. The third-order valence-electron chi connectivity index (χ3n) is 4.43. The number of nitrogens with one attached hydrogen (secondary N) is 2. The van der Waals surface area contributed by atoms with E-state index >= 15 is 0 Å². The minimum Gasteiger partial charge on any atom is -0.366 e. The second-order valence-corrected chi connectivity index (χ2v) is 9.03. The fraction of sp³-hybridized carbons (Fsp3) is 0.158. The molecule has 1 aromatic carbocycles. The lowest BCUT2D eigenvalue weighted by molar-refractivity contribution is 0.599. The first kappa shape index (κ1) is 20.0. The van der Waals surface area contributed by atoms with Gasteiger partial charge in [0.05, 0.1) is 17.3 Å². The Morgan fingerprint density at radius 3 is 2.77 bits per heavy atom. The Morgan fingerprint density at radius 1 is 1.13 bits per heavy atom. The first-order valence-corrected chi connectivity index (χ1v) is 11.1. The molecule has 0 aliphatic heterocycles. The fourth-order valence-corrected chi connectivity index (χ4v) is 3.50. The highest BCUT2D eigenvalue weighted by Crippen LogP contribution is 2.22. The first-order valence-electron chi connectivity index (χ1n) is 8.91. The maximum Gasteiger partial charge on any atom is 0.233 e. The summed E-state index contributed by atoms with van der Waals surface area (Å²) in [5, 5.41) is 3.80. The summed E-state index contributed by atoms with van der Waals surface area (Å²) in [6.45, 7) is 0.329. The summed E-state index contributed by atoms with van der Waals surface area (Å²) < 4.78 is 24.9. The van der Waals surface area contributed by atoms with Gasteiger partial charge in [-0.1, -0.05) is 17.7 Å². The number of pyridine rings is 1. The van der Waals surface area contributed by atoms with Crippen LogP contribution in [0.15, 0.2) is 48.8 Å². The lowest BCUT2D eigenvalue weighted by Gasteiger charge is -2.19. The van der Waals surface area contributed by atoms with Gasteiger partial charge in [-0.25, -0.2) is 28.4 Å². The van der Waals surface area contributed by atoms with E-state index in [4.69, 9.17) is 11.6 Å². The van der Waals surface area contributed by atoms with Crippen LogP contribution in [0.2, 0.25) is 5.02 Å². The second kappa shape index (κ2) is 7.88. The van der Waals surface area contributed by atoms with Crippen molar-refractivity contribution in [1.29, 1.82) is 0 Å². The molecule has 30 heavy (non-hydrogen) atoms. The zero-order valence-corrected chi connectivity index (χ0v) is 17.7. The summed E-state index contributed by atoms with van der Waals surface area (Å²) in [7, 11) is -1.95. The van der Waals surface area contributed by atoms with Crippen LogP contribution in [-0.4, -0.2) is 46.6 Å². The molecule has 0 fully saturated rings. The normalized spacial score (nSPS) is 11.6. The van der Waals surface area contributed by atoms with Crippen LogP contribution in [0.1, 0.15) is 5.56 Å². The number of fused-ring (bicyclic) bond motifs is 1. The highest BCUT2D eigenvalue weighted by atomic mass is 35.5. The van der Waals surface area contributed by atoms with Crippen LogP contribution in [0, 0.1) is 0 Å². The number of anilines is 2. The number of hydrogen-bond donors (Lipinski definition) is 2. The van der Waals surface area contributed by atoms with Gasteiger partial charge in [-0.3, -0.25) is 4.31 Å². The minimum atomic E-state index is -3.42. The highest BCUT2D eigenvalue weighted by Gasteiger charge is 2.17. The number of sulfonamides is 1. The van der Waals surface area contributed by atoms with Gasteiger partial charge >= 0.3 is 0 Å². The lowest BCUT2D eigenvalue weighted by Crippen LogP contribution is -2.27. The Balaban J connectivity index is 1.57. The van der Waals surface area contributed by atoms with E-state index in [1.165, 1.54) is 7.05 Å². The molecule has 0 saturated carbocycles. The van der Waals surface area contributed by atoms with E-state index in [0.29, 0.717) is 40.4 Å². The third kappa shape index (κ3) is 4.19. The molecule has 0 aliphatic rings. The molecule has 11 heteroatoms. The van der Waals surface area contributed by atoms with Crippen molar-refractivity contribution in [2.75, 3.05) is 22.9 Å². The van der Waals surface area contributed by atoms with Crippen molar-refractivity contribution < 1.29 is 8.42 Å². The van der Waals surface area contributed by atoms with Crippen LogP contribution in [0.4, 0.5) is 11.6 Å². The van der Waals surface area contributed by atoms with Crippen LogP contribution < -0.4 is 9.62 Å². The average molecular weight is 444 g/mol. The van der Waals surface area contributed by atoms with Gasteiger partial charge in [0.15, 0.2) is 11.6 Å². The number of benzene rings is 1. The van der Waals surface area contributed by atoms with Gasteiger partial charge in [-0.05, 0) is 30.3 Å². The van der Waals surface area contributed by atoms with Gasteiger partial charge < -0.3 is 10.3 Å². The van der Waals surface area contributed by atoms with Gasteiger partial charge in [0.2, 0.25) is 10.0 Å². The predicted octanol–water partition coefficient (Wildman–Crippen LogP) is 3.08. The van der Waals surface area contributed by atoms with Crippen molar-refractivity contribution in [3.63, 3.8) is 0 Å². The zero-order valence-electron chi connectivity index (χ0n) is 16.2. The van der Waals surface area contributed by atoms with Crippen LogP contribution in [-0.2, 0) is 16.6 Å². The Labute approximate surface area is 178 Å². The summed E-state index contributed by atoms with van der Waals surface area (Å²) in [6.07, 6.45) is 4.31. The lowest BCUT2D eigenvalue weighted by atomic mass is 10.2. The highest BCUT2D eigenvalue weighted by molar-refractivity contribution is 7.92. The molecule has 0 unspecified atom stereocenters. The minimum absolute atomic E-state index is 0.329. The molecular weight excluding hydrogens is 426 g/mol. The van der Waals surface area contributed by atoms with Crippen LogP contribution in [0.3, 0.4) is 0 Å². The van der Waals surface area contributed by atoms with Crippen molar-refractivity contribution in [3.05, 3.63) is 59.4 Å². The number of imidazole rings is 1. The topological polar surface area (TPSA) is 117 Å². The Bertz CT molecular complexity index is 1320. The molecule has 3 heterocycles. The third-order valence-corrected chi connectivity index (χ3v) is 5.84. The second-order valence-electron chi connectivity index (χ2n) is 6.58. The summed E-state index contributed by atoms with van der Waals surface area (Å²) >= 11 is 6.03. The molecule has 0 saturated heterocycles. The van der Waals surface area contributed by atoms with Gasteiger partial charge in [0.25, 0.3) is 0 Å². The number of H-pyrrole nitrogens is 1. The van der Waals surface area contributed by atoms with E-state index in [1.54, 1.807) is 36.7 Å². The number of halogens is 1. The average Bonchev–Trinajstić information content (AvgIpc) is 3.15. The smallest absolute Gasteiger partial charge is 0.233 e. The maximum absolute atomic E-state index is 11.9. The number of rotatable bonds is 6. The van der Waals surface area contributed by atoms with E-state index in [1.807, 2.05) is 12.1 Å². The van der Waals surface area contributed by atoms with Crippen LogP contribution in [0.25, 0.3) is 22.7 Å². The van der Waals surface area contributed by atoms with Gasteiger partial charge in [-0.15, -0.1) is 0 Å². The molecule has 4 aromatic rings. The van der Waals surface area contributed by atoms with Crippen molar-refractivity contribution in [2.24, 2.45) is 0 Å². The summed E-state index contributed by atoms with van der Waals surface area (Å²) in [5.74, 6) is 1.87. The molecule has 154 valence electrons. The van der Waals surface area contributed by atoms with Crippen molar-refractivity contribution in [2.45, 2.75) is 6.54 Å². The monoisotopic (exact) mass is 443 g/mol. The van der Waals surface area contributed by atoms with Crippen LogP contribution >= 0.6 is 11.6 Å². The molecular formula is C19H18ClN7O2S. The van der Waals surface area contributed by atoms with Crippen molar-refractivity contribution in [3.8, 4) is 11.6 Å². The number of aromatic amines is 1. The first-order chi connectivity index (χ1) is 14.3. The molecule has 4 rings (SSSR count). The molecule has 0 amide bonds. The van der Waals surface area contributed by atoms with Crippen molar-refractivity contribution >= 4 is 44.3 Å². The molecule has 0 atom stereocenters. The number of hydrogen-bond acceptors (Lipinski definition) is 7. The summed E-state index contributed by atoms with van der Waals surface area (Å²) in [4.78, 5) is 20.6. The molecule has 0 spiro atoms. The van der Waals surface area contributed by atoms with E-state index in [2.05, 4.69) is 30.2 Å². The maximum atomic E-state index is 11.9. The van der Waals surface area contributed by atoms with E-state index in [0.717, 1.165) is 21.6 Å². The molecule has 0 aliphatic carbocycles. The van der Waals surface area contributed by atoms with E-state index in [-0.39, 0.29) is 0 Å². The van der Waals surface area contributed by atoms with Gasteiger partial charge in [-0.2, -0.15) is 0 Å².